The standard InChI is InChI=1S/C28H34N4O6/c1-7-32(26(36)20(15-16-22(29)34)30-27(37)38-28(4,5)6)24(19-13-8-9-14-21(19)33)25(35)31-23-17(2)11-10-12-18(23)3/h1,8-14,20,24,33H,15-16H2,2-6H3,(H2,29,34)(H,30,37)(H,31,35). The molecule has 0 aliphatic rings. The third-order valence-corrected chi connectivity index (χ3v) is 5.51. The van der Waals surface area contributed by atoms with E-state index in [4.69, 9.17) is 16.9 Å². The fourth-order valence-corrected chi connectivity index (χ4v) is 3.75. The molecule has 2 aromatic rings. The molecule has 5 N–H and O–H groups in total. The predicted molar refractivity (Wildman–Crippen MR) is 143 cm³/mol. The number of carbonyl (C=O) groups is 4. The van der Waals surface area contributed by atoms with Gasteiger partial charge in [0.2, 0.25) is 5.91 Å². The molecular formula is C28H34N4O6. The van der Waals surface area contributed by atoms with E-state index in [2.05, 4.69) is 16.7 Å². The second-order valence-electron chi connectivity index (χ2n) is 9.76. The summed E-state index contributed by atoms with van der Waals surface area (Å²) in [6, 6.07) is 10.8. The number of primary amides is 1. The molecule has 0 bridgehead atoms. The van der Waals surface area contributed by atoms with E-state index in [0.29, 0.717) is 5.69 Å². The predicted octanol–water partition coefficient (Wildman–Crippen LogP) is 3.27. The summed E-state index contributed by atoms with van der Waals surface area (Å²) < 4.78 is 5.25. The van der Waals surface area contributed by atoms with Gasteiger partial charge >= 0.3 is 6.09 Å². The Bertz CT molecular complexity index is 1220. The Balaban J connectivity index is 2.52. The Morgan fingerprint density at radius 2 is 1.68 bits per heavy atom. The number of aryl methyl sites for hydroxylation is 2. The molecule has 2 unspecified atom stereocenters. The monoisotopic (exact) mass is 522 g/mol. The fourth-order valence-electron chi connectivity index (χ4n) is 3.75. The summed E-state index contributed by atoms with van der Waals surface area (Å²) in [6.07, 6.45) is 4.37. The van der Waals surface area contributed by atoms with E-state index >= 15 is 0 Å². The van der Waals surface area contributed by atoms with Gasteiger partial charge in [0.25, 0.3) is 11.8 Å². The largest absolute Gasteiger partial charge is 0.508 e. The third kappa shape index (κ3) is 8.00. The molecule has 2 rings (SSSR count). The molecule has 2 atom stereocenters. The lowest BCUT2D eigenvalue weighted by atomic mass is 10.0. The Morgan fingerprint density at radius 3 is 2.21 bits per heavy atom. The van der Waals surface area contributed by atoms with E-state index in [1.54, 1.807) is 32.9 Å². The number of hydrogen-bond donors (Lipinski definition) is 4. The maximum atomic E-state index is 13.7. The minimum Gasteiger partial charge on any atom is -0.508 e. The number of hydrogen-bond acceptors (Lipinski definition) is 6. The van der Waals surface area contributed by atoms with Crippen LogP contribution in [0, 0.1) is 26.3 Å². The summed E-state index contributed by atoms with van der Waals surface area (Å²) in [7, 11) is 0. The van der Waals surface area contributed by atoms with Crippen molar-refractivity contribution in [2.75, 3.05) is 5.32 Å². The van der Waals surface area contributed by atoms with E-state index in [-0.39, 0.29) is 24.2 Å². The molecule has 2 aromatic carbocycles. The molecule has 0 aliphatic heterocycles. The van der Waals surface area contributed by atoms with Gasteiger partial charge in [-0.25, -0.2) is 4.79 Å². The van der Waals surface area contributed by atoms with Gasteiger partial charge in [-0.15, -0.1) is 0 Å². The number of nitrogens with two attached hydrogens (primary N) is 1. The number of amides is 4. The van der Waals surface area contributed by atoms with E-state index in [0.717, 1.165) is 16.0 Å². The van der Waals surface area contributed by atoms with Gasteiger partial charge in [0.05, 0.1) is 0 Å². The molecule has 202 valence electrons. The zero-order chi connectivity index (χ0) is 28.6. The quantitative estimate of drug-likeness (QED) is 0.293. The number of aromatic hydroxyl groups is 1. The van der Waals surface area contributed by atoms with Crippen LogP contribution < -0.4 is 16.4 Å². The van der Waals surface area contributed by atoms with Gasteiger partial charge in [0.1, 0.15) is 17.4 Å². The molecule has 38 heavy (non-hydrogen) atoms. The van der Waals surface area contributed by atoms with Crippen molar-refractivity contribution in [3.63, 3.8) is 0 Å². The lowest BCUT2D eigenvalue weighted by Gasteiger charge is -2.31. The number of nitrogens with zero attached hydrogens (tertiary/aromatic N) is 1. The van der Waals surface area contributed by atoms with Gasteiger partial charge in [-0.1, -0.05) is 42.8 Å². The first-order valence-electron chi connectivity index (χ1n) is 12.0. The zero-order valence-electron chi connectivity index (χ0n) is 22.2. The van der Waals surface area contributed by atoms with Crippen molar-refractivity contribution >= 4 is 29.5 Å². The van der Waals surface area contributed by atoms with Crippen LogP contribution in [0.25, 0.3) is 0 Å². The molecule has 4 amide bonds. The third-order valence-electron chi connectivity index (χ3n) is 5.51. The highest BCUT2D eigenvalue weighted by atomic mass is 16.6. The fraction of sp³-hybridized carbons (Fsp3) is 0.357. The van der Waals surface area contributed by atoms with Crippen molar-refractivity contribution in [3.05, 3.63) is 59.2 Å². The molecule has 0 aliphatic carbocycles. The molecule has 0 saturated heterocycles. The van der Waals surface area contributed by atoms with Crippen LogP contribution in [-0.2, 0) is 19.1 Å². The van der Waals surface area contributed by atoms with Crippen molar-refractivity contribution < 1.29 is 29.0 Å². The Hall–Kier alpha value is -4.52. The van der Waals surface area contributed by atoms with E-state index in [1.165, 1.54) is 12.1 Å². The number of carbonyl (C=O) groups excluding carboxylic acids is 4. The molecule has 0 spiro atoms. The Morgan fingerprint density at radius 1 is 1.08 bits per heavy atom. The summed E-state index contributed by atoms with van der Waals surface area (Å²) in [5, 5.41) is 15.8. The number of alkyl carbamates (subject to hydrolysis) is 1. The molecule has 0 aromatic heterocycles. The van der Waals surface area contributed by atoms with Crippen LogP contribution in [0.4, 0.5) is 10.5 Å². The van der Waals surface area contributed by atoms with E-state index in [1.807, 2.05) is 32.0 Å². The average molecular weight is 523 g/mol. The van der Waals surface area contributed by atoms with Gasteiger partial charge in [0, 0.05) is 23.7 Å². The van der Waals surface area contributed by atoms with Gasteiger partial charge < -0.3 is 26.2 Å². The minimum absolute atomic E-state index is 0.0634. The molecule has 0 radical (unpaired) electrons. The van der Waals surface area contributed by atoms with Crippen molar-refractivity contribution in [1.82, 2.24) is 10.2 Å². The summed E-state index contributed by atoms with van der Waals surface area (Å²) in [6.45, 7) is 8.56. The van der Waals surface area contributed by atoms with Crippen LogP contribution in [0.1, 0.15) is 56.3 Å². The Kier molecular flexibility index (Phi) is 9.88. The maximum absolute atomic E-state index is 13.7. The summed E-state index contributed by atoms with van der Waals surface area (Å²) in [4.78, 5) is 52.1. The van der Waals surface area contributed by atoms with Crippen LogP contribution in [0.5, 0.6) is 5.75 Å². The number of phenolic OH excluding ortho intramolecular Hbond substituents is 1. The van der Waals surface area contributed by atoms with Gasteiger partial charge in [-0.3, -0.25) is 19.3 Å². The highest BCUT2D eigenvalue weighted by Crippen LogP contribution is 2.31. The van der Waals surface area contributed by atoms with E-state index in [9.17, 15) is 24.3 Å². The summed E-state index contributed by atoms with van der Waals surface area (Å²) >= 11 is 0. The number of ether oxygens (including phenoxy) is 1. The second-order valence-corrected chi connectivity index (χ2v) is 9.76. The molecule has 0 fully saturated rings. The lowest BCUT2D eigenvalue weighted by Crippen LogP contribution is -2.51. The molecule has 10 nitrogen and oxygen atoms in total. The zero-order valence-corrected chi connectivity index (χ0v) is 22.2. The molecular weight excluding hydrogens is 488 g/mol. The normalized spacial score (nSPS) is 12.4. The van der Waals surface area contributed by atoms with Crippen LogP contribution in [0.15, 0.2) is 42.5 Å². The van der Waals surface area contributed by atoms with E-state index < -0.39 is 41.5 Å². The number of benzene rings is 2. The SMILES string of the molecule is C#CN(C(=O)C(CCC(N)=O)NC(=O)OC(C)(C)C)C(C(=O)Nc1c(C)cccc1C)c1ccccc1O. The van der Waals surface area contributed by atoms with Crippen molar-refractivity contribution in [3.8, 4) is 18.2 Å². The van der Waals surface area contributed by atoms with Crippen molar-refractivity contribution in [1.29, 1.82) is 0 Å². The lowest BCUT2D eigenvalue weighted by molar-refractivity contribution is -0.137. The first kappa shape index (κ1) is 29.7. The minimum atomic E-state index is -1.48. The topological polar surface area (TPSA) is 151 Å². The first-order valence-corrected chi connectivity index (χ1v) is 12.0. The number of rotatable bonds is 9. The van der Waals surface area contributed by atoms with Gasteiger partial charge in [-0.05, 0) is 58.2 Å². The summed E-state index contributed by atoms with van der Waals surface area (Å²) in [5.74, 6) is -2.53. The van der Waals surface area contributed by atoms with Crippen LogP contribution in [0.3, 0.4) is 0 Å². The molecule has 0 heterocycles. The molecule has 0 saturated carbocycles. The smallest absolute Gasteiger partial charge is 0.408 e. The number of nitrogens with one attached hydrogen (secondary N) is 2. The summed E-state index contributed by atoms with van der Waals surface area (Å²) in [5.41, 5.74) is 6.55. The Labute approximate surface area is 222 Å². The van der Waals surface area contributed by atoms with Gasteiger partial charge in [0.15, 0.2) is 6.04 Å². The number of phenols is 1. The highest BCUT2D eigenvalue weighted by molar-refractivity contribution is 6.00. The molecule has 10 heteroatoms. The van der Waals surface area contributed by atoms with Crippen molar-refractivity contribution in [2.45, 2.75) is 65.1 Å². The second kappa shape index (κ2) is 12.6. The van der Waals surface area contributed by atoms with Crippen LogP contribution in [0.2, 0.25) is 0 Å². The van der Waals surface area contributed by atoms with Crippen molar-refractivity contribution in [2.24, 2.45) is 5.73 Å². The number of anilines is 1. The average Bonchev–Trinajstić information content (AvgIpc) is 2.81. The van der Waals surface area contributed by atoms with Crippen LogP contribution >= 0.6 is 0 Å². The maximum Gasteiger partial charge on any atom is 0.408 e. The van der Waals surface area contributed by atoms with Crippen LogP contribution in [-0.4, -0.2) is 45.5 Å². The number of para-hydroxylation sites is 2. The van der Waals surface area contributed by atoms with Gasteiger partial charge in [-0.2, -0.15) is 0 Å². The number of terminal acetylenes is 1. The highest BCUT2D eigenvalue weighted by Gasteiger charge is 2.37. The first-order chi connectivity index (χ1) is 17.7.